The number of halogens is 2. The van der Waals surface area contributed by atoms with Gasteiger partial charge < -0.3 is 10.2 Å². The van der Waals surface area contributed by atoms with Gasteiger partial charge in [-0.25, -0.2) is 4.63 Å². The number of carbonyl (C=O) groups excluding carboxylic acids is 1. The summed E-state index contributed by atoms with van der Waals surface area (Å²) in [5, 5.41) is 14.8. The number of aromatic nitrogens is 2. The monoisotopic (exact) mass is 354 g/mol. The third-order valence-corrected chi connectivity index (χ3v) is 4.07. The number of nitrogens with one attached hydrogen (secondary N) is 1. The minimum atomic E-state index is -0.396. The predicted molar refractivity (Wildman–Crippen MR) is 84.8 cm³/mol. The summed E-state index contributed by atoms with van der Waals surface area (Å²) in [6.45, 7) is -0.257. The highest BCUT2D eigenvalue weighted by Gasteiger charge is 2.21. The number of carbonyl (C=O) groups is 1. The molecular weight excluding hydrogens is 343 g/mol. The Balaban J connectivity index is 1.58. The van der Waals surface area contributed by atoms with Crippen LogP contribution >= 0.6 is 23.2 Å². The van der Waals surface area contributed by atoms with Crippen molar-refractivity contribution < 1.29 is 14.3 Å². The second-order valence-corrected chi connectivity index (χ2v) is 5.66. The molecule has 0 atom stereocenters. The molecule has 0 unspecified atom stereocenters. The first kappa shape index (κ1) is 15.8. The Kier molecular flexibility index (Phi) is 4.78. The van der Waals surface area contributed by atoms with Crippen molar-refractivity contribution >= 4 is 40.5 Å². The Morgan fingerprint density at radius 1 is 1.35 bits per heavy atom. The van der Waals surface area contributed by atoms with E-state index in [2.05, 4.69) is 25.4 Å². The summed E-state index contributed by atoms with van der Waals surface area (Å²) in [5.41, 5.74) is 2.39. The zero-order valence-corrected chi connectivity index (χ0v) is 13.4. The first-order valence-electron chi connectivity index (χ1n) is 6.89. The quantitative estimate of drug-likeness (QED) is 0.852. The highest BCUT2D eigenvalue weighted by molar-refractivity contribution is 6.43. The molecule has 7 nitrogen and oxygen atoms in total. The first-order valence-corrected chi connectivity index (χ1v) is 7.65. The summed E-state index contributed by atoms with van der Waals surface area (Å²) < 4.78 is 4.69. The molecular formula is C14H12Cl2N4O3. The lowest BCUT2D eigenvalue weighted by Crippen LogP contribution is -2.18. The third kappa shape index (κ3) is 3.62. The van der Waals surface area contributed by atoms with Crippen LogP contribution < -0.4 is 5.32 Å². The SMILES string of the molecule is O=C(CO/N=C1\CCCc2nonc21)Nc1cccc(Cl)c1Cl. The molecule has 0 bridgehead atoms. The minimum absolute atomic E-state index is 0.257. The molecule has 1 aromatic heterocycles. The molecule has 9 heteroatoms. The number of nitrogens with zero attached hydrogens (tertiary/aromatic N) is 3. The molecule has 0 saturated heterocycles. The van der Waals surface area contributed by atoms with Crippen LogP contribution in [0.3, 0.4) is 0 Å². The first-order chi connectivity index (χ1) is 11.1. The maximum atomic E-state index is 11.9. The zero-order valence-electron chi connectivity index (χ0n) is 11.9. The summed E-state index contributed by atoms with van der Waals surface area (Å²) in [6, 6.07) is 4.97. The molecule has 0 saturated carbocycles. The molecule has 120 valence electrons. The Morgan fingerprint density at radius 2 is 2.22 bits per heavy atom. The molecule has 0 aliphatic heterocycles. The molecule has 1 aliphatic rings. The lowest BCUT2D eigenvalue weighted by Gasteiger charge is -2.10. The molecule has 3 rings (SSSR count). The fraction of sp³-hybridized carbons (Fsp3) is 0.286. The predicted octanol–water partition coefficient (Wildman–Crippen LogP) is 3.07. The van der Waals surface area contributed by atoms with Gasteiger partial charge in [0.1, 0.15) is 11.4 Å². The number of fused-ring (bicyclic) bond motifs is 1. The van der Waals surface area contributed by atoms with Gasteiger partial charge in [0.15, 0.2) is 12.3 Å². The Morgan fingerprint density at radius 3 is 3.09 bits per heavy atom. The van der Waals surface area contributed by atoms with E-state index in [-0.39, 0.29) is 11.6 Å². The largest absolute Gasteiger partial charge is 0.385 e. The third-order valence-electron chi connectivity index (χ3n) is 3.25. The molecule has 23 heavy (non-hydrogen) atoms. The molecule has 1 amide bonds. The van der Waals surface area contributed by atoms with Crippen LogP contribution in [0, 0.1) is 0 Å². The summed E-state index contributed by atoms with van der Waals surface area (Å²) in [6.07, 6.45) is 2.38. The minimum Gasteiger partial charge on any atom is -0.385 e. The van der Waals surface area contributed by atoms with E-state index in [1.54, 1.807) is 18.2 Å². The van der Waals surface area contributed by atoms with Crippen LogP contribution in [0.1, 0.15) is 24.2 Å². The molecule has 0 fully saturated rings. The lowest BCUT2D eigenvalue weighted by molar-refractivity contribution is -0.120. The smallest absolute Gasteiger partial charge is 0.265 e. The normalized spacial score (nSPS) is 15.3. The molecule has 1 N–H and O–H groups in total. The number of oxime groups is 1. The summed E-state index contributed by atoms with van der Waals surface area (Å²) in [4.78, 5) is 17.0. The number of anilines is 1. The van der Waals surface area contributed by atoms with E-state index in [1.165, 1.54) is 0 Å². The van der Waals surface area contributed by atoms with Crippen LogP contribution in [0.15, 0.2) is 28.0 Å². The van der Waals surface area contributed by atoms with Crippen molar-refractivity contribution in [1.82, 2.24) is 10.3 Å². The van der Waals surface area contributed by atoms with Crippen LogP contribution in [-0.2, 0) is 16.1 Å². The van der Waals surface area contributed by atoms with E-state index in [9.17, 15) is 4.79 Å². The average Bonchev–Trinajstić information content (AvgIpc) is 3.01. The Hall–Kier alpha value is -2.12. The molecule has 2 aromatic rings. The number of amides is 1. The van der Waals surface area contributed by atoms with Gasteiger partial charge in [0.05, 0.1) is 15.7 Å². The lowest BCUT2D eigenvalue weighted by atomic mass is 9.99. The number of aryl methyl sites for hydroxylation is 1. The number of benzene rings is 1. The van der Waals surface area contributed by atoms with Crippen molar-refractivity contribution in [2.24, 2.45) is 5.16 Å². The van der Waals surface area contributed by atoms with Gasteiger partial charge in [0, 0.05) is 0 Å². The van der Waals surface area contributed by atoms with Crippen molar-refractivity contribution in [1.29, 1.82) is 0 Å². The van der Waals surface area contributed by atoms with Gasteiger partial charge in [-0.1, -0.05) is 39.6 Å². The second-order valence-electron chi connectivity index (χ2n) is 4.87. The summed E-state index contributed by atoms with van der Waals surface area (Å²) >= 11 is 11.9. The van der Waals surface area contributed by atoms with Crippen LogP contribution in [0.2, 0.25) is 10.0 Å². The fourth-order valence-corrected chi connectivity index (χ4v) is 2.52. The molecule has 1 aliphatic carbocycles. The average molecular weight is 355 g/mol. The standard InChI is InChI=1S/C14H12Cl2N4O3/c15-8-3-1-4-9(13(8)16)17-12(21)7-22-18-10-5-2-6-11-14(10)20-23-19-11/h1,3-4H,2,5-7H2,(H,17,21)/b18-10+. The Labute approximate surface area is 141 Å². The number of hydrogen-bond acceptors (Lipinski definition) is 6. The van der Waals surface area contributed by atoms with Gasteiger partial charge in [0.25, 0.3) is 5.91 Å². The summed E-state index contributed by atoms with van der Waals surface area (Å²) in [7, 11) is 0. The Bertz CT molecular complexity index is 760. The molecule has 0 spiro atoms. The van der Waals surface area contributed by atoms with Crippen LogP contribution in [0.5, 0.6) is 0 Å². The van der Waals surface area contributed by atoms with Crippen LogP contribution in [-0.4, -0.2) is 28.5 Å². The highest BCUT2D eigenvalue weighted by Crippen LogP contribution is 2.29. The summed E-state index contributed by atoms with van der Waals surface area (Å²) in [5.74, 6) is -0.396. The molecule has 0 radical (unpaired) electrons. The van der Waals surface area contributed by atoms with Crippen molar-refractivity contribution in [3.63, 3.8) is 0 Å². The van der Waals surface area contributed by atoms with Crippen molar-refractivity contribution in [2.45, 2.75) is 19.3 Å². The van der Waals surface area contributed by atoms with E-state index in [1.807, 2.05) is 0 Å². The van der Waals surface area contributed by atoms with Gasteiger partial charge in [-0.3, -0.25) is 4.79 Å². The van der Waals surface area contributed by atoms with Crippen molar-refractivity contribution in [3.05, 3.63) is 39.6 Å². The molecule has 1 heterocycles. The van der Waals surface area contributed by atoms with E-state index in [0.717, 1.165) is 18.5 Å². The van der Waals surface area contributed by atoms with E-state index < -0.39 is 5.91 Å². The topological polar surface area (TPSA) is 89.6 Å². The van der Waals surface area contributed by atoms with Gasteiger partial charge >= 0.3 is 0 Å². The van der Waals surface area contributed by atoms with Gasteiger partial charge in [0.2, 0.25) is 0 Å². The van der Waals surface area contributed by atoms with Crippen molar-refractivity contribution in [3.8, 4) is 0 Å². The zero-order chi connectivity index (χ0) is 16.2. The highest BCUT2D eigenvalue weighted by atomic mass is 35.5. The van der Waals surface area contributed by atoms with Crippen LogP contribution in [0.25, 0.3) is 0 Å². The second kappa shape index (κ2) is 6.97. The van der Waals surface area contributed by atoms with Crippen LogP contribution in [0.4, 0.5) is 5.69 Å². The van der Waals surface area contributed by atoms with E-state index in [4.69, 9.17) is 28.0 Å². The van der Waals surface area contributed by atoms with Gasteiger partial charge in [-0.05, 0) is 36.6 Å². The maximum absolute atomic E-state index is 11.9. The number of rotatable bonds is 4. The molecule has 1 aromatic carbocycles. The fourth-order valence-electron chi connectivity index (χ4n) is 2.18. The van der Waals surface area contributed by atoms with E-state index in [0.29, 0.717) is 28.5 Å². The maximum Gasteiger partial charge on any atom is 0.265 e. The van der Waals surface area contributed by atoms with Crippen molar-refractivity contribution in [2.75, 3.05) is 11.9 Å². The van der Waals surface area contributed by atoms with E-state index >= 15 is 0 Å². The van der Waals surface area contributed by atoms with Gasteiger partial charge in [-0.15, -0.1) is 0 Å². The van der Waals surface area contributed by atoms with Gasteiger partial charge in [-0.2, -0.15) is 0 Å². The number of hydrogen-bond donors (Lipinski definition) is 1.